The summed E-state index contributed by atoms with van der Waals surface area (Å²) in [6.45, 7) is 40.8. The average molecular weight is 799 g/mol. The van der Waals surface area contributed by atoms with E-state index in [9.17, 15) is 0 Å². The van der Waals surface area contributed by atoms with E-state index in [0.29, 0.717) is 5.92 Å². The Morgan fingerprint density at radius 2 is 1.17 bits per heavy atom. The van der Waals surface area contributed by atoms with Gasteiger partial charge in [0.25, 0.3) is 6.71 Å². The van der Waals surface area contributed by atoms with Crippen LogP contribution in [0.2, 0.25) is 0 Å². The Kier molecular flexibility index (Phi) is 8.88. The number of benzene rings is 4. The van der Waals surface area contributed by atoms with Crippen molar-refractivity contribution in [2.45, 2.75) is 182 Å². The summed E-state index contributed by atoms with van der Waals surface area (Å²) in [6, 6.07) is 27.0. The third-order valence-electron chi connectivity index (χ3n) is 15.5. The molecule has 0 unspecified atom stereocenters. The SMILES string of the molecule is Cc1cc2c(cc1N1c3cc(C(C)(C)C)cc4c3B(c3ccc(C(C)C)cc3N4c3cccc(C(C)(C)C)c3)c3c1oc1c3C(C)(C)CCC1(C)C)C(C)(C)CCC2(C)C. The zero-order valence-corrected chi connectivity index (χ0v) is 40.1. The molecule has 2 aliphatic heterocycles. The lowest BCUT2D eigenvalue weighted by atomic mass is 9.32. The minimum Gasteiger partial charge on any atom is -0.444 e. The summed E-state index contributed by atoms with van der Waals surface area (Å²) in [7, 11) is 0. The highest BCUT2D eigenvalue weighted by Crippen LogP contribution is 2.55. The van der Waals surface area contributed by atoms with Gasteiger partial charge in [0, 0.05) is 28.2 Å². The second-order valence-electron chi connectivity index (χ2n) is 24.3. The molecular weight excluding hydrogens is 727 g/mol. The highest BCUT2D eigenvalue weighted by atomic mass is 16.4. The van der Waals surface area contributed by atoms with E-state index in [2.05, 4.69) is 194 Å². The number of rotatable bonds is 3. The molecule has 0 radical (unpaired) electrons. The van der Waals surface area contributed by atoms with Crippen molar-refractivity contribution in [3.63, 3.8) is 0 Å². The fraction of sp³-hybridized carbons (Fsp3) is 0.500. The van der Waals surface area contributed by atoms with Crippen LogP contribution >= 0.6 is 0 Å². The lowest BCUT2D eigenvalue weighted by molar-refractivity contribution is 0.280. The lowest BCUT2D eigenvalue weighted by Crippen LogP contribution is -2.62. The zero-order chi connectivity index (χ0) is 43.4. The maximum absolute atomic E-state index is 7.67. The number of hydrogen-bond donors (Lipinski definition) is 0. The fourth-order valence-electron chi connectivity index (χ4n) is 11.2. The Morgan fingerprint density at radius 3 is 1.78 bits per heavy atom. The number of anilines is 6. The molecule has 5 aromatic rings. The third kappa shape index (κ3) is 6.11. The van der Waals surface area contributed by atoms with E-state index in [4.69, 9.17) is 4.42 Å². The van der Waals surface area contributed by atoms with Gasteiger partial charge in [0.2, 0.25) is 0 Å². The molecule has 0 amide bonds. The van der Waals surface area contributed by atoms with Gasteiger partial charge in [-0.2, -0.15) is 0 Å². The number of nitrogens with zero attached hydrogens (tertiary/aromatic N) is 2. The maximum atomic E-state index is 7.67. The van der Waals surface area contributed by atoms with Crippen LogP contribution in [0.15, 0.2) is 71.1 Å². The van der Waals surface area contributed by atoms with Crippen LogP contribution in [0.5, 0.6) is 0 Å². The predicted octanol–water partition coefficient (Wildman–Crippen LogP) is 14.1. The summed E-state index contributed by atoms with van der Waals surface area (Å²) in [5.74, 6) is 2.60. The van der Waals surface area contributed by atoms with E-state index in [-0.39, 0.29) is 39.2 Å². The van der Waals surface area contributed by atoms with Crippen molar-refractivity contribution in [1.29, 1.82) is 0 Å². The minimum absolute atomic E-state index is 0.00981. The molecule has 0 N–H and O–H groups in total. The molecule has 0 bridgehead atoms. The van der Waals surface area contributed by atoms with E-state index < -0.39 is 0 Å². The minimum atomic E-state index is -0.102. The first-order chi connectivity index (χ1) is 27.7. The molecule has 0 atom stereocenters. The Morgan fingerprint density at radius 1 is 0.583 bits per heavy atom. The van der Waals surface area contributed by atoms with Gasteiger partial charge in [0.15, 0.2) is 5.88 Å². The molecule has 9 rings (SSSR count). The summed E-state index contributed by atoms with van der Waals surface area (Å²) < 4.78 is 7.67. The molecular formula is C56H71BN2O. The maximum Gasteiger partial charge on any atom is 0.256 e. The van der Waals surface area contributed by atoms with Crippen molar-refractivity contribution in [2.75, 3.05) is 9.80 Å². The summed E-state index contributed by atoms with van der Waals surface area (Å²) in [5.41, 5.74) is 20.1. The Bertz CT molecular complexity index is 2580. The Labute approximate surface area is 363 Å². The molecule has 60 heavy (non-hydrogen) atoms. The van der Waals surface area contributed by atoms with Crippen LogP contribution in [0.25, 0.3) is 0 Å². The van der Waals surface area contributed by atoms with Gasteiger partial charge in [-0.15, -0.1) is 0 Å². The first-order valence-electron chi connectivity index (χ1n) is 23.1. The number of aryl methyl sites for hydroxylation is 1. The summed E-state index contributed by atoms with van der Waals surface area (Å²) >= 11 is 0. The van der Waals surface area contributed by atoms with Crippen LogP contribution in [0.3, 0.4) is 0 Å². The Balaban J connectivity index is 1.46. The predicted molar refractivity (Wildman–Crippen MR) is 260 cm³/mol. The normalized spacial score (nSPS) is 19.4. The molecule has 0 saturated carbocycles. The van der Waals surface area contributed by atoms with Gasteiger partial charge < -0.3 is 9.32 Å². The van der Waals surface area contributed by atoms with Gasteiger partial charge in [-0.1, -0.05) is 141 Å². The van der Waals surface area contributed by atoms with Gasteiger partial charge >= 0.3 is 0 Å². The summed E-state index contributed by atoms with van der Waals surface area (Å²) in [6.07, 6.45) is 4.60. The smallest absolute Gasteiger partial charge is 0.256 e. The van der Waals surface area contributed by atoms with E-state index >= 15 is 0 Å². The van der Waals surface area contributed by atoms with Crippen molar-refractivity contribution in [1.82, 2.24) is 0 Å². The number of hydrogen-bond acceptors (Lipinski definition) is 3. The molecule has 0 spiro atoms. The van der Waals surface area contributed by atoms with Crippen molar-refractivity contribution >= 4 is 57.4 Å². The van der Waals surface area contributed by atoms with Crippen LogP contribution in [0.1, 0.15) is 187 Å². The van der Waals surface area contributed by atoms with Crippen molar-refractivity contribution < 1.29 is 4.42 Å². The highest BCUT2D eigenvalue weighted by molar-refractivity contribution is 7.00. The molecule has 0 saturated heterocycles. The first-order valence-corrected chi connectivity index (χ1v) is 23.1. The molecule has 3 nitrogen and oxygen atoms in total. The standard InChI is InChI=1S/C56H71BN2O/c1-33(2)35-21-22-41-43(28-35)58(38-20-18-19-36(29-38)51(4,5)6)44-30-37(52(7,8)9)31-45-47(44)57(41)48-46-49(56(16,17)26-25-55(46,14)15)60-50(48)59(45)42-32-40-39(27-34(42)3)53(10,11)23-24-54(40,12)13/h18-22,27-33H,23-26H2,1-17H3. The summed E-state index contributed by atoms with van der Waals surface area (Å²) in [4.78, 5) is 5.24. The van der Waals surface area contributed by atoms with Crippen molar-refractivity contribution in [2.24, 2.45) is 0 Å². The second-order valence-corrected chi connectivity index (χ2v) is 24.3. The van der Waals surface area contributed by atoms with Gasteiger partial charge in [-0.05, 0) is 157 Å². The van der Waals surface area contributed by atoms with Crippen molar-refractivity contribution in [3.05, 3.63) is 111 Å². The third-order valence-corrected chi connectivity index (χ3v) is 15.5. The van der Waals surface area contributed by atoms with Gasteiger partial charge in [-0.25, -0.2) is 0 Å². The lowest BCUT2D eigenvalue weighted by Gasteiger charge is -2.46. The molecule has 0 fully saturated rings. The van der Waals surface area contributed by atoms with Gasteiger partial charge in [-0.3, -0.25) is 4.90 Å². The van der Waals surface area contributed by atoms with E-state index in [0.717, 1.165) is 18.7 Å². The number of furan rings is 1. The second kappa shape index (κ2) is 12.9. The largest absolute Gasteiger partial charge is 0.444 e. The van der Waals surface area contributed by atoms with E-state index in [1.54, 1.807) is 0 Å². The topological polar surface area (TPSA) is 19.6 Å². The quantitative estimate of drug-likeness (QED) is 0.166. The van der Waals surface area contributed by atoms with Crippen LogP contribution in [0.4, 0.5) is 34.3 Å². The van der Waals surface area contributed by atoms with Crippen LogP contribution in [-0.2, 0) is 32.5 Å². The van der Waals surface area contributed by atoms with Crippen molar-refractivity contribution in [3.8, 4) is 0 Å². The zero-order valence-electron chi connectivity index (χ0n) is 40.1. The molecule has 3 heterocycles. The molecule has 314 valence electrons. The first kappa shape index (κ1) is 41.2. The summed E-state index contributed by atoms with van der Waals surface area (Å²) in [5, 5.41) is 0. The van der Waals surface area contributed by atoms with E-state index in [1.165, 1.54) is 102 Å². The molecule has 4 heteroatoms. The van der Waals surface area contributed by atoms with Crippen LogP contribution in [-0.4, -0.2) is 6.71 Å². The fourth-order valence-corrected chi connectivity index (χ4v) is 11.2. The van der Waals surface area contributed by atoms with Crippen LogP contribution < -0.4 is 26.2 Å². The van der Waals surface area contributed by atoms with E-state index in [1.807, 2.05) is 0 Å². The number of fused-ring (bicyclic) bond motifs is 7. The Hall–Kier alpha value is -4.18. The highest BCUT2D eigenvalue weighted by Gasteiger charge is 2.53. The molecule has 4 aliphatic rings. The van der Waals surface area contributed by atoms with Crippen LogP contribution in [0, 0.1) is 6.92 Å². The monoisotopic (exact) mass is 799 g/mol. The molecule has 2 aliphatic carbocycles. The molecule has 4 aromatic carbocycles. The average Bonchev–Trinajstić information content (AvgIpc) is 3.57. The van der Waals surface area contributed by atoms with Gasteiger partial charge in [0.1, 0.15) is 5.76 Å². The molecule has 1 aromatic heterocycles. The van der Waals surface area contributed by atoms with Gasteiger partial charge in [0.05, 0.1) is 5.69 Å².